The molecule has 1 aliphatic carbocycles. The maximum atomic E-state index is 13.1. The molecule has 2 amide bonds. The van der Waals surface area contributed by atoms with Crippen molar-refractivity contribution in [3.8, 4) is 11.3 Å². The zero-order chi connectivity index (χ0) is 22.5. The Kier molecular flexibility index (Phi) is 7.26. The molecular formula is C27H33N3OS. The van der Waals surface area contributed by atoms with Crippen molar-refractivity contribution in [1.82, 2.24) is 4.98 Å². The Balaban J connectivity index is 1.50. The number of hydrogen-bond donors (Lipinski definition) is 1. The first-order chi connectivity index (χ1) is 15.6. The van der Waals surface area contributed by atoms with E-state index in [4.69, 9.17) is 4.98 Å². The van der Waals surface area contributed by atoms with E-state index in [2.05, 4.69) is 54.9 Å². The van der Waals surface area contributed by atoms with E-state index in [0.717, 1.165) is 39.6 Å². The van der Waals surface area contributed by atoms with Crippen molar-refractivity contribution in [2.45, 2.75) is 65.2 Å². The molecule has 1 fully saturated rings. The lowest BCUT2D eigenvalue weighted by molar-refractivity contribution is 0.257. The van der Waals surface area contributed by atoms with Gasteiger partial charge in [0, 0.05) is 23.2 Å². The number of anilines is 2. The Morgan fingerprint density at radius 1 is 1.09 bits per heavy atom. The average molecular weight is 448 g/mol. The van der Waals surface area contributed by atoms with Gasteiger partial charge in [0.05, 0.1) is 5.69 Å². The first-order valence-electron chi connectivity index (χ1n) is 11.8. The molecular weight excluding hydrogens is 414 g/mol. The van der Waals surface area contributed by atoms with Crippen LogP contribution in [0.2, 0.25) is 0 Å². The SMILES string of the molecule is CCCN(C(=O)Nc1cccc(C)c1C)c1nc(-c2ccc(C3CCCCC3)cc2)cs1. The van der Waals surface area contributed by atoms with Gasteiger partial charge in [0.2, 0.25) is 0 Å². The van der Waals surface area contributed by atoms with Crippen molar-refractivity contribution in [2.75, 3.05) is 16.8 Å². The molecule has 1 N–H and O–H groups in total. The summed E-state index contributed by atoms with van der Waals surface area (Å²) in [6.45, 7) is 6.80. The molecule has 4 nitrogen and oxygen atoms in total. The highest BCUT2D eigenvalue weighted by Gasteiger charge is 2.20. The highest BCUT2D eigenvalue weighted by atomic mass is 32.1. The van der Waals surface area contributed by atoms with Crippen molar-refractivity contribution in [1.29, 1.82) is 0 Å². The summed E-state index contributed by atoms with van der Waals surface area (Å²) in [6.07, 6.45) is 7.55. The average Bonchev–Trinajstić information content (AvgIpc) is 3.31. The van der Waals surface area contributed by atoms with Crippen LogP contribution in [0, 0.1) is 13.8 Å². The zero-order valence-electron chi connectivity index (χ0n) is 19.4. The second-order valence-electron chi connectivity index (χ2n) is 8.80. The molecule has 0 spiro atoms. The number of carbonyl (C=O) groups excluding carboxylic acids is 1. The highest BCUT2D eigenvalue weighted by molar-refractivity contribution is 7.14. The Hall–Kier alpha value is -2.66. The van der Waals surface area contributed by atoms with Crippen molar-refractivity contribution < 1.29 is 4.79 Å². The topological polar surface area (TPSA) is 45.2 Å². The normalized spacial score (nSPS) is 14.3. The molecule has 0 radical (unpaired) electrons. The van der Waals surface area contributed by atoms with Crippen LogP contribution in [0.3, 0.4) is 0 Å². The van der Waals surface area contributed by atoms with Gasteiger partial charge in [-0.2, -0.15) is 0 Å². The number of carbonyl (C=O) groups is 1. The summed E-state index contributed by atoms with van der Waals surface area (Å²) in [4.78, 5) is 19.7. The van der Waals surface area contributed by atoms with E-state index in [0.29, 0.717) is 12.5 Å². The molecule has 0 atom stereocenters. The molecule has 4 rings (SSSR count). The monoisotopic (exact) mass is 447 g/mol. The van der Waals surface area contributed by atoms with Gasteiger partial charge < -0.3 is 5.32 Å². The minimum absolute atomic E-state index is 0.130. The fourth-order valence-corrected chi connectivity index (χ4v) is 5.32. The summed E-state index contributed by atoms with van der Waals surface area (Å²) in [5.41, 5.74) is 6.60. The number of rotatable bonds is 6. The lowest BCUT2D eigenvalue weighted by atomic mass is 9.84. The van der Waals surface area contributed by atoms with E-state index in [9.17, 15) is 4.79 Å². The fourth-order valence-electron chi connectivity index (χ4n) is 4.46. The molecule has 3 aromatic rings. The lowest BCUT2D eigenvalue weighted by Gasteiger charge is -2.22. The second kappa shape index (κ2) is 10.3. The number of thiazole rings is 1. The zero-order valence-corrected chi connectivity index (χ0v) is 20.2. The van der Waals surface area contributed by atoms with Gasteiger partial charge in [-0.15, -0.1) is 11.3 Å². The quantitative estimate of drug-likeness (QED) is 0.417. The van der Waals surface area contributed by atoms with Crippen molar-refractivity contribution >= 4 is 28.2 Å². The van der Waals surface area contributed by atoms with Crippen LogP contribution in [0.4, 0.5) is 15.6 Å². The van der Waals surface area contributed by atoms with Crippen LogP contribution in [-0.4, -0.2) is 17.6 Å². The Morgan fingerprint density at radius 3 is 2.56 bits per heavy atom. The van der Waals surface area contributed by atoms with Gasteiger partial charge in [-0.1, -0.05) is 62.6 Å². The molecule has 1 aromatic heterocycles. The van der Waals surface area contributed by atoms with E-state index in [1.807, 2.05) is 19.1 Å². The molecule has 1 heterocycles. The highest BCUT2D eigenvalue weighted by Crippen LogP contribution is 2.34. The molecule has 0 aliphatic heterocycles. The smallest absolute Gasteiger partial charge is 0.307 e. The van der Waals surface area contributed by atoms with Crippen molar-refractivity contribution in [2.24, 2.45) is 0 Å². The van der Waals surface area contributed by atoms with Gasteiger partial charge in [-0.25, -0.2) is 9.78 Å². The van der Waals surface area contributed by atoms with E-state index in [1.54, 1.807) is 4.90 Å². The standard InChI is InChI=1S/C27H33N3OS/c1-4-17-30(26(31)28-24-12-8-9-19(2)20(24)3)27-29-25(18-32-27)23-15-13-22(14-16-23)21-10-6-5-7-11-21/h8-9,12-16,18,21H,4-7,10-11,17H2,1-3H3,(H,28,31). The molecule has 1 saturated carbocycles. The number of hydrogen-bond acceptors (Lipinski definition) is 3. The number of urea groups is 1. The third-order valence-corrected chi connectivity index (χ3v) is 7.41. The Morgan fingerprint density at radius 2 is 1.84 bits per heavy atom. The van der Waals surface area contributed by atoms with Crippen LogP contribution >= 0.6 is 11.3 Å². The van der Waals surface area contributed by atoms with Crippen molar-refractivity contribution in [3.63, 3.8) is 0 Å². The first kappa shape index (κ1) is 22.5. The van der Waals surface area contributed by atoms with Gasteiger partial charge in [0.15, 0.2) is 5.13 Å². The van der Waals surface area contributed by atoms with Crippen LogP contribution in [0.15, 0.2) is 47.8 Å². The maximum Gasteiger partial charge on any atom is 0.328 e. The van der Waals surface area contributed by atoms with Gasteiger partial charge in [-0.05, 0) is 61.8 Å². The predicted molar refractivity (Wildman–Crippen MR) is 136 cm³/mol. The molecule has 0 saturated heterocycles. The Labute approximate surface area is 195 Å². The van der Waals surface area contributed by atoms with Gasteiger partial charge in [-0.3, -0.25) is 4.90 Å². The van der Waals surface area contributed by atoms with E-state index >= 15 is 0 Å². The number of nitrogens with one attached hydrogen (secondary N) is 1. The number of benzene rings is 2. The van der Waals surface area contributed by atoms with Crippen LogP contribution in [0.5, 0.6) is 0 Å². The van der Waals surface area contributed by atoms with Crippen LogP contribution in [0.1, 0.15) is 68.1 Å². The fraction of sp³-hybridized carbons (Fsp3) is 0.407. The molecule has 0 unspecified atom stereocenters. The van der Waals surface area contributed by atoms with Gasteiger partial charge in [0.25, 0.3) is 0 Å². The summed E-state index contributed by atoms with van der Waals surface area (Å²) in [7, 11) is 0. The third kappa shape index (κ3) is 5.04. The van der Waals surface area contributed by atoms with Gasteiger partial charge >= 0.3 is 6.03 Å². The number of aromatic nitrogens is 1. The molecule has 5 heteroatoms. The largest absolute Gasteiger partial charge is 0.328 e. The molecule has 32 heavy (non-hydrogen) atoms. The molecule has 1 aliphatic rings. The first-order valence-corrected chi connectivity index (χ1v) is 12.7. The number of aryl methyl sites for hydroxylation is 1. The predicted octanol–water partition coefficient (Wildman–Crippen LogP) is 7.92. The summed E-state index contributed by atoms with van der Waals surface area (Å²) in [5, 5.41) is 5.87. The minimum atomic E-state index is -0.130. The molecule has 2 aromatic carbocycles. The van der Waals surface area contributed by atoms with E-state index < -0.39 is 0 Å². The lowest BCUT2D eigenvalue weighted by Crippen LogP contribution is -2.35. The summed E-state index contributed by atoms with van der Waals surface area (Å²) in [5.74, 6) is 0.706. The van der Waals surface area contributed by atoms with E-state index in [-0.39, 0.29) is 6.03 Å². The van der Waals surface area contributed by atoms with Crippen molar-refractivity contribution in [3.05, 3.63) is 64.5 Å². The third-order valence-electron chi connectivity index (χ3n) is 6.54. The summed E-state index contributed by atoms with van der Waals surface area (Å²) < 4.78 is 0. The molecule has 0 bridgehead atoms. The van der Waals surface area contributed by atoms with Crippen LogP contribution < -0.4 is 10.2 Å². The summed E-state index contributed by atoms with van der Waals surface area (Å²) in [6, 6.07) is 14.7. The van der Waals surface area contributed by atoms with Crippen LogP contribution in [0.25, 0.3) is 11.3 Å². The maximum absolute atomic E-state index is 13.1. The van der Waals surface area contributed by atoms with E-state index in [1.165, 1.54) is 49.0 Å². The minimum Gasteiger partial charge on any atom is -0.307 e. The molecule has 168 valence electrons. The van der Waals surface area contributed by atoms with Gasteiger partial charge in [0.1, 0.15) is 0 Å². The number of nitrogens with zero attached hydrogens (tertiary/aromatic N) is 2. The summed E-state index contributed by atoms with van der Waals surface area (Å²) >= 11 is 1.52. The second-order valence-corrected chi connectivity index (χ2v) is 9.64. The Bertz CT molecular complexity index is 1050. The number of amides is 2. The van der Waals surface area contributed by atoms with Crippen LogP contribution in [-0.2, 0) is 0 Å².